The molecular formula is C3H25NO10. The van der Waals surface area contributed by atoms with Crippen LogP contribution in [0.25, 0.3) is 0 Å². The molecule has 0 spiro atoms. The van der Waals surface area contributed by atoms with Crippen molar-refractivity contribution in [3.05, 3.63) is 0 Å². The lowest BCUT2D eigenvalue weighted by Crippen LogP contribution is -2.06. The Hall–Kier alpha value is -0.890. The van der Waals surface area contributed by atoms with Crippen LogP contribution >= 0.6 is 0 Å². The van der Waals surface area contributed by atoms with Gasteiger partial charge in [0.2, 0.25) is 6.41 Å². The summed E-state index contributed by atoms with van der Waals surface area (Å²) in [5.41, 5.74) is 0. The smallest absolute Gasteiger partial charge is 0.209 e. The maximum absolute atomic E-state index is 9.43. The largest absolute Gasteiger partial charge is 0.412 e. The molecular weight excluding hydrogens is 210 g/mol. The molecule has 0 radical (unpaired) electrons. The van der Waals surface area contributed by atoms with Crippen molar-refractivity contribution in [3.63, 3.8) is 0 Å². The molecule has 18 N–H and O–H groups in total. The molecule has 0 fully saturated rings. The summed E-state index contributed by atoms with van der Waals surface area (Å²) < 4.78 is 0. The molecule has 0 bridgehead atoms. The first kappa shape index (κ1) is 199. The summed E-state index contributed by atoms with van der Waals surface area (Å²) in [7, 11) is 3.38. The van der Waals surface area contributed by atoms with Gasteiger partial charge in [0.1, 0.15) is 0 Å². The van der Waals surface area contributed by atoms with E-state index in [1.807, 2.05) is 0 Å². The molecule has 0 aliphatic carbocycles. The summed E-state index contributed by atoms with van der Waals surface area (Å²) in [6.45, 7) is 0. The molecule has 0 aromatic heterocycles. The van der Waals surface area contributed by atoms with Crippen molar-refractivity contribution in [3.8, 4) is 0 Å². The highest BCUT2D eigenvalue weighted by Gasteiger charge is 1.68. The first-order chi connectivity index (χ1) is 2.27. The molecule has 0 rings (SSSR count). The van der Waals surface area contributed by atoms with Gasteiger partial charge in [-0.15, -0.1) is 0 Å². The van der Waals surface area contributed by atoms with E-state index in [4.69, 9.17) is 0 Å². The Bertz CT molecular complexity index is 42.3. The molecule has 11 heteroatoms. The van der Waals surface area contributed by atoms with Crippen molar-refractivity contribution in [1.29, 1.82) is 0 Å². The summed E-state index contributed by atoms with van der Waals surface area (Å²) in [6, 6.07) is 0. The molecule has 0 saturated carbocycles. The van der Waals surface area contributed by atoms with Gasteiger partial charge in [0.05, 0.1) is 0 Å². The summed E-state index contributed by atoms with van der Waals surface area (Å²) >= 11 is 0. The molecule has 0 aromatic rings. The number of carbonyl (C=O) groups is 1. The molecule has 0 atom stereocenters. The van der Waals surface area contributed by atoms with Gasteiger partial charge < -0.3 is 54.2 Å². The fourth-order valence-corrected chi connectivity index (χ4v) is 0. The van der Waals surface area contributed by atoms with Crippen LogP contribution in [-0.4, -0.2) is 74.7 Å². The van der Waals surface area contributed by atoms with Gasteiger partial charge >= 0.3 is 0 Å². The molecule has 0 saturated heterocycles. The van der Waals surface area contributed by atoms with E-state index in [0.717, 1.165) is 6.41 Å². The van der Waals surface area contributed by atoms with Crippen LogP contribution in [0, 0.1) is 0 Å². The van der Waals surface area contributed by atoms with E-state index in [-0.39, 0.29) is 49.3 Å². The van der Waals surface area contributed by atoms with Crippen molar-refractivity contribution in [1.82, 2.24) is 4.90 Å². The zero-order valence-electron chi connectivity index (χ0n) is 7.93. The van der Waals surface area contributed by atoms with Gasteiger partial charge in [-0.1, -0.05) is 0 Å². The van der Waals surface area contributed by atoms with Gasteiger partial charge in [0, 0.05) is 14.1 Å². The average Bonchev–Trinajstić information content (AvgIpc) is 1.38. The maximum Gasteiger partial charge on any atom is 0.209 e. The number of amides is 1. The van der Waals surface area contributed by atoms with Gasteiger partial charge in [0.15, 0.2) is 0 Å². The quantitative estimate of drug-likeness (QED) is 0.392. The van der Waals surface area contributed by atoms with E-state index in [2.05, 4.69) is 0 Å². The lowest BCUT2D eigenvalue weighted by molar-refractivity contribution is -0.115. The van der Waals surface area contributed by atoms with Crippen LogP contribution < -0.4 is 0 Å². The lowest BCUT2D eigenvalue weighted by atomic mass is 11.0. The highest BCUT2D eigenvalue weighted by atomic mass is 16.1. The summed E-state index contributed by atoms with van der Waals surface area (Å²) in [5, 5.41) is 0. The minimum Gasteiger partial charge on any atom is -0.412 e. The minimum atomic E-state index is 0. The number of hydrogen-bond donors (Lipinski definition) is 0. The van der Waals surface area contributed by atoms with Crippen LogP contribution in [0.2, 0.25) is 0 Å². The van der Waals surface area contributed by atoms with Crippen molar-refractivity contribution < 1.29 is 54.1 Å². The average molecular weight is 235 g/mol. The van der Waals surface area contributed by atoms with E-state index in [0.29, 0.717) is 0 Å². The second kappa shape index (κ2) is 155. The van der Waals surface area contributed by atoms with Gasteiger partial charge in [-0.2, -0.15) is 0 Å². The highest BCUT2D eigenvalue weighted by molar-refractivity contribution is 5.45. The SMILES string of the molecule is CN(C)C=O.O.O.O.O.O.O.O.O.O. The van der Waals surface area contributed by atoms with Crippen LogP contribution in [-0.2, 0) is 4.79 Å². The second-order valence-electron chi connectivity index (χ2n) is 1.07. The van der Waals surface area contributed by atoms with E-state index >= 15 is 0 Å². The zero-order valence-corrected chi connectivity index (χ0v) is 7.93. The standard InChI is InChI=1S/C3H7NO.9H2O/c1-4(2)3-5;;;;;;;;;/h3H,1-2H3;9*1H2. The Balaban J connectivity index is -0.00000000222. The van der Waals surface area contributed by atoms with Crippen LogP contribution in [0.1, 0.15) is 0 Å². The molecule has 11 nitrogen and oxygen atoms in total. The molecule has 0 aliphatic heterocycles. The third-order valence-electron chi connectivity index (χ3n) is 0.211. The molecule has 0 aliphatic rings. The molecule has 1 amide bonds. The number of carbonyl (C=O) groups excluding carboxylic acids is 1. The minimum absolute atomic E-state index is 0. The third-order valence-corrected chi connectivity index (χ3v) is 0.211. The predicted molar refractivity (Wildman–Crippen MR) is 52.3 cm³/mol. The van der Waals surface area contributed by atoms with E-state index < -0.39 is 0 Å². The Kier molecular flexibility index (Phi) is 2190. The van der Waals surface area contributed by atoms with Crippen molar-refractivity contribution in [2.45, 2.75) is 0 Å². The van der Waals surface area contributed by atoms with Crippen molar-refractivity contribution in [2.75, 3.05) is 14.1 Å². The van der Waals surface area contributed by atoms with Gasteiger partial charge in [-0.25, -0.2) is 0 Å². The molecule has 0 heterocycles. The Morgan fingerprint density at radius 1 is 0.643 bits per heavy atom. The summed E-state index contributed by atoms with van der Waals surface area (Å²) in [6.07, 6.45) is 0.750. The number of hydrogen-bond acceptors (Lipinski definition) is 1. The fraction of sp³-hybridized carbons (Fsp3) is 0.667. The summed E-state index contributed by atoms with van der Waals surface area (Å²) in [5.74, 6) is 0. The number of nitrogens with zero attached hydrogens (tertiary/aromatic N) is 1. The van der Waals surface area contributed by atoms with E-state index in [1.165, 1.54) is 4.90 Å². The van der Waals surface area contributed by atoms with Crippen molar-refractivity contribution in [2.24, 2.45) is 0 Å². The normalized spacial score (nSPS) is 2.43. The zero-order chi connectivity index (χ0) is 4.28. The predicted octanol–water partition coefficient (Wildman–Crippen LogP) is -7.72. The Morgan fingerprint density at radius 3 is 0.714 bits per heavy atom. The second-order valence-corrected chi connectivity index (χ2v) is 1.07. The monoisotopic (exact) mass is 235 g/mol. The lowest BCUT2D eigenvalue weighted by Gasteiger charge is -1.93. The van der Waals surface area contributed by atoms with Gasteiger partial charge in [-0.05, 0) is 0 Å². The van der Waals surface area contributed by atoms with Gasteiger partial charge in [0.25, 0.3) is 0 Å². The van der Waals surface area contributed by atoms with Crippen molar-refractivity contribution >= 4 is 6.41 Å². The highest BCUT2D eigenvalue weighted by Crippen LogP contribution is 1.52. The van der Waals surface area contributed by atoms with E-state index in [9.17, 15) is 4.79 Å². The topological polar surface area (TPSA) is 304 Å². The Labute approximate surface area is 80.7 Å². The van der Waals surface area contributed by atoms with E-state index in [1.54, 1.807) is 14.1 Å². The van der Waals surface area contributed by atoms with Crippen LogP contribution in [0.5, 0.6) is 0 Å². The first-order valence-corrected chi connectivity index (χ1v) is 1.39. The third kappa shape index (κ3) is 922. The van der Waals surface area contributed by atoms with Gasteiger partial charge in [-0.3, -0.25) is 4.79 Å². The Morgan fingerprint density at radius 2 is 0.714 bits per heavy atom. The fourth-order valence-electron chi connectivity index (χ4n) is 0. The number of rotatable bonds is 1. The van der Waals surface area contributed by atoms with Crippen LogP contribution in [0.4, 0.5) is 0 Å². The van der Waals surface area contributed by atoms with Crippen LogP contribution in [0.3, 0.4) is 0 Å². The molecule has 0 unspecified atom stereocenters. The molecule has 0 aromatic carbocycles. The summed E-state index contributed by atoms with van der Waals surface area (Å²) in [4.78, 5) is 10.9. The molecule has 102 valence electrons. The molecule has 14 heavy (non-hydrogen) atoms. The van der Waals surface area contributed by atoms with Crippen LogP contribution in [0.15, 0.2) is 0 Å². The first-order valence-electron chi connectivity index (χ1n) is 1.39. The maximum atomic E-state index is 9.43.